The van der Waals surface area contributed by atoms with Crippen LogP contribution in [0.25, 0.3) is 0 Å². The molecule has 0 saturated heterocycles. The van der Waals surface area contributed by atoms with Gasteiger partial charge >= 0.3 is 0 Å². The highest BCUT2D eigenvalue weighted by molar-refractivity contribution is 7.09. The van der Waals surface area contributed by atoms with Crippen molar-refractivity contribution in [2.45, 2.75) is 20.8 Å². The summed E-state index contributed by atoms with van der Waals surface area (Å²) in [5.41, 5.74) is 13.7. The van der Waals surface area contributed by atoms with Crippen LogP contribution in [0.4, 0.5) is 55.6 Å². The maximum Gasteiger partial charge on any atom is 0.282 e. The van der Waals surface area contributed by atoms with Crippen LogP contribution in [0.5, 0.6) is 0 Å². The van der Waals surface area contributed by atoms with Crippen LogP contribution < -0.4 is 14.7 Å². The van der Waals surface area contributed by atoms with Gasteiger partial charge in [0.25, 0.3) is 17.7 Å². The van der Waals surface area contributed by atoms with E-state index in [1.807, 2.05) is 174 Å². The lowest BCUT2D eigenvalue weighted by atomic mass is 10.1. The van der Waals surface area contributed by atoms with Gasteiger partial charge in [0.15, 0.2) is 0 Å². The lowest BCUT2D eigenvalue weighted by Crippen LogP contribution is -2.24. The van der Waals surface area contributed by atoms with E-state index in [-0.39, 0.29) is 23.5 Å². The third-order valence-corrected chi connectivity index (χ3v) is 14.1. The van der Waals surface area contributed by atoms with Crippen LogP contribution in [0.3, 0.4) is 0 Å². The number of carbonyl (C=O) groups is 3. The molecule has 3 aliphatic heterocycles. The summed E-state index contributed by atoms with van der Waals surface area (Å²) in [6.45, 7) is 5.77. The number of nitrogens with zero attached hydrogens (tertiary/aromatic N) is 6. The molecule has 348 valence electrons. The van der Waals surface area contributed by atoms with Crippen LogP contribution >= 0.6 is 45.6 Å². The third-order valence-electron chi connectivity index (χ3n) is 11.6. The Morgan fingerprint density at radius 2 is 0.845 bits per heavy atom. The van der Waals surface area contributed by atoms with E-state index in [0.29, 0.717) is 33.5 Å². The number of amides is 3. The zero-order valence-corrected chi connectivity index (χ0v) is 41.5. The van der Waals surface area contributed by atoms with Crippen molar-refractivity contribution in [3.05, 3.63) is 228 Å². The Morgan fingerprint density at radius 3 is 1.25 bits per heavy atom. The number of hydrogen-bond donors (Lipinski definition) is 0. The Kier molecular flexibility index (Phi) is 13.3. The summed E-state index contributed by atoms with van der Waals surface area (Å²) < 4.78 is 13.6. The number of anilines is 6. The smallest absolute Gasteiger partial charge is 0.274 e. The van der Waals surface area contributed by atoms with E-state index in [1.165, 1.54) is 29.0 Å². The Hall–Kier alpha value is -7.94. The zero-order chi connectivity index (χ0) is 49.2. The van der Waals surface area contributed by atoms with E-state index in [4.69, 9.17) is 11.6 Å². The fraction of sp³-hybridized carbons (Fsp3) is 0.0526. The number of para-hydroxylation sites is 3. The summed E-state index contributed by atoms with van der Waals surface area (Å²) in [7, 11) is 0. The van der Waals surface area contributed by atoms with Gasteiger partial charge in [-0.2, -0.15) is 34.0 Å². The fourth-order valence-corrected chi connectivity index (χ4v) is 10.3. The van der Waals surface area contributed by atoms with Crippen LogP contribution in [0.2, 0.25) is 5.02 Å². The fourth-order valence-electron chi connectivity index (χ4n) is 8.28. The van der Waals surface area contributed by atoms with Crippen molar-refractivity contribution < 1.29 is 18.8 Å². The normalized spacial score (nSPS) is 15.2. The van der Waals surface area contributed by atoms with Crippen molar-refractivity contribution in [1.82, 2.24) is 0 Å². The van der Waals surface area contributed by atoms with Gasteiger partial charge in [0.1, 0.15) is 23.0 Å². The van der Waals surface area contributed by atoms with Crippen molar-refractivity contribution in [1.29, 1.82) is 0 Å². The molecule has 9 aromatic rings. The summed E-state index contributed by atoms with van der Waals surface area (Å²) in [5.74, 6) is -0.754. The lowest BCUT2D eigenvalue weighted by molar-refractivity contribution is -0.112. The van der Waals surface area contributed by atoms with Crippen LogP contribution in [-0.2, 0) is 14.4 Å². The number of aliphatic imine (C=N–C) groups is 3. The van der Waals surface area contributed by atoms with Gasteiger partial charge in [-0.3, -0.25) is 29.1 Å². The Bertz CT molecular complexity index is 3550. The van der Waals surface area contributed by atoms with Crippen LogP contribution in [0, 0.1) is 26.6 Å². The maximum atomic E-state index is 13.6. The number of hydrogen-bond acceptors (Lipinski definition) is 9. The molecular formula is C57H40ClFN6O3S3. The van der Waals surface area contributed by atoms with E-state index in [9.17, 15) is 18.8 Å². The minimum atomic E-state index is -0.359. The number of carbonyl (C=O) groups excluding carboxylic acids is 3. The van der Waals surface area contributed by atoms with E-state index in [2.05, 4.69) is 15.0 Å². The standard InChI is InChI=1S/C19H13ClN2OS.C19H13FN2OS.C19H14N2OS/c1-12-6-7-13(10-16(12)20)21-18-15-4-2-3-5-17(15)22(19(18)23)14-8-9-24-11-14;1-12-8-13(20)10-14(9-12)21-18-16-4-2-3-5-17(16)22(19(18)23)15-6-7-24-11-15;1-13-6-8-14(9-7-13)20-18-16-4-2-3-5-17(16)21(19(18)22)15-10-11-23-12-15/h2*2-11H,1H3;2-12H,1H3. The highest BCUT2D eigenvalue weighted by atomic mass is 35.5. The van der Waals surface area contributed by atoms with Crippen LogP contribution in [0.15, 0.2) is 199 Å². The number of thiophene rings is 3. The predicted octanol–water partition coefficient (Wildman–Crippen LogP) is 15.4. The predicted molar refractivity (Wildman–Crippen MR) is 291 cm³/mol. The first-order valence-corrected chi connectivity index (χ1v) is 25.5. The number of aryl methyl sites for hydroxylation is 3. The summed E-state index contributed by atoms with van der Waals surface area (Å²) in [5, 5.41) is 12.4. The first-order chi connectivity index (χ1) is 34.5. The second-order valence-corrected chi connectivity index (χ2v) is 19.3. The molecule has 0 saturated carbocycles. The largest absolute Gasteiger partial charge is 0.282 e. The second kappa shape index (κ2) is 20.2. The molecule has 0 fully saturated rings. The van der Waals surface area contributed by atoms with E-state index < -0.39 is 0 Å². The molecule has 0 N–H and O–H groups in total. The molecule has 71 heavy (non-hydrogen) atoms. The number of halogens is 2. The van der Waals surface area contributed by atoms with Gasteiger partial charge in [0.2, 0.25) is 0 Å². The summed E-state index contributed by atoms with van der Waals surface area (Å²) >= 11 is 10.8. The van der Waals surface area contributed by atoms with Crippen molar-refractivity contribution >= 4 is 132 Å². The number of rotatable bonds is 6. The SMILES string of the molecule is Cc1cc(F)cc(N=C2C(=O)N(c3ccsc3)c3ccccc32)c1.Cc1ccc(N=C2C(=O)N(c3ccsc3)c3ccccc32)cc1.Cc1ccc(N=C2C(=O)N(c3ccsc3)c3ccccc32)cc1Cl. The van der Waals surface area contributed by atoms with Crippen LogP contribution in [0.1, 0.15) is 33.4 Å². The third kappa shape index (κ3) is 9.56. The van der Waals surface area contributed by atoms with E-state index in [0.717, 1.165) is 67.6 Å². The highest BCUT2D eigenvalue weighted by Gasteiger charge is 2.37. The first kappa shape index (κ1) is 46.8. The molecule has 0 atom stereocenters. The van der Waals surface area contributed by atoms with Crippen LogP contribution in [-0.4, -0.2) is 34.9 Å². The van der Waals surface area contributed by atoms with Crippen molar-refractivity contribution in [2.24, 2.45) is 15.0 Å². The average molecular weight is 1010 g/mol. The Morgan fingerprint density at radius 1 is 0.437 bits per heavy atom. The van der Waals surface area contributed by atoms with Gasteiger partial charge in [0.05, 0.1) is 51.2 Å². The summed E-state index contributed by atoms with van der Waals surface area (Å²) in [6, 6.07) is 46.8. The quantitative estimate of drug-likeness (QED) is 0.166. The van der Waals surface area contributed by atoms with Crippen molar-refractivity contribution in [2.75, 3.05) is 14.7 Å². The Labute approximate surface area is 426 Å². The van der Waals surface area contributed by atoms with Gasteiger partial charge in [-0.25, -0.2) is 19.4 Å². The zero-order valence-electron chi connectivity index (χ0n) is 38.3. The van der Waals surface area contributed by atoms with E-state index in [1.54, 1.807) is 56.4 Å². The molecular weight excluding hydrogens is 967 g/mol. The first-order valence-electron chi connectivity index (χ1n) is 22.3. The molecule has 9 nitrogen and oxygen atoms in total. The maximum absolute atomic E-state index is 13.6. The Balaban J connectivity index is 0.000000123. The summed E-state index contributed by atoms with van der Waals surface area (Å²) in [6.07, 6.45) is 0. The van der Waals surface area contributed by atoms with E-state index >= 15 is 0 Å². The highest BCUT2D eigenvalue weighted by Crippen LogP contribution is 2.40. The van der Waals surface area contributed by atoms with Gasteiger partial charge in [-0.15, -0.1) is 0 Å². The van der Waals surface area contributed by atoms with Gasteiger partial charge in [-0.1, -0.05) is 90.0 Å². The lowest BCUT2D eigenvalue weighted by Gasteiger charge is -2.14. The molecule has 0 spiro atoms. The monoisotopic (exact) mass is 1010 g/mol. The molecule has 6 aromatic carbocycles. The molecule has 0 unspecified atom stereocenters. The molecule has 14 heteroatoms. The number of benzene rings is 6. The molecule has 0 radical (unpaired) electrons. The molecule has 3 aliphatic rings. The van der Waals surface area contributed by atoms with Gasteiger partial charge in [-0.05, 0) is 127 Å². The average Bonchev–Trinajstić information content (AvgIpc) is 4.25. The molecule has 0 bridgehead atoms. The minimum Gasteiger partial charge on any atom is -0.274 e. The van der Waals surface area contributed by atoms with Gasteiger partial charge < -0.3 is 0 Å². The molecule has 12 rings (SSSR count). The van der Waals surface area contributed by atoms with Gasteiger partial charge in [0, 0.05) is 37.9 Å². The molecule has 6 heterocycles. The minimum absolute atomic E-state index is 0.0785. The topological polar surface area (TPSA) is 98.0 Å². The van der Waals surface area contributed by atoms with Crippen molar-refractivity contribution in [3.63, 3.8) is 0 Å². The molecule has 0 aliphatic carbocycles. The second-order valence-electron chi connectivity index (χ2n) is 16.6. The van der Waals surface area contributed by atoms with Crippen molar-refractivity contribution in [3.8, 4) is 0 Å². The summed E-state index contributed by atoms with van der Waals surface area (Å²) in [4.78, 5) is 57.6. The number of fused-ring (bicyclic) bond motifs is 3. The molecule has 3 aromatic heterocycles. The molecule has 3 amide bonds.